The van der Waals surface area contributed by atoms with E-state index in [1.807, 2.05) is 19.1 Å². The van der Waals surface area contributed by atoms with Crippen molar-refractivity contribution in [3.8, 4) is 11.1 Å². The molecule has 1 aliphatic heterocycles. The molecule has 218 valence electrons. The minimum absolute atomic E-state index is 0.211. The van der Waals surface area contributed by atoms with Crippen LogP contribution in [-0.4, -0.2) is 46.9 Å². The van der Waals surface area contributed by atoms with Gasteiger partial charge in [0.05, 0.1) is 5.41 Å². The number of likely N-dealkylation sites (tertiary alicyclic amines) is 1. The van der Waals surface area contributed by atoms with Crippen molar-refractivity contribution in [2.45, 2.75) is 91.4 Å². The second kappa shape index (κ2) is 12.2. The monoisotopic (exact) mass is 575 g/mol. The third kappa shape index (κ3) is 7.96. The van der Waals surface area contributed by atoms with Crippen molar-refractivity contribution >= 4 is 29.8 Å². The maximum absolute atomic E-state index is 14.4. The van der Waals surface area contributed by atoms with Crippen LogP contribution in [0.2, 0.25) is 5.02 Å². The highest BCUT2D eigenvalue weighted by atomic mass is 35.5. The number of rotatable bonds is 7. The van der Waals surface area contributed by atoms with E-state index < -0.39 is 40.8 Å². The fraction of sp³-hybridized carbons (Fsp3) is 0.516. The average molecular weight is 576 g/mol. The summed E-state index contributed by atoms with van der Waals surface area (Å²) in [7, 11) is 0. The molecule has 1 unspecified atom stereocenters. The van der Waals surface area contributed by atoms with Crippen LogP contribution < -0.4 is 0 Å². The summed E-state index contributed by atoms with van der Waals surface area (Å²) in [5.41, 5.74) is -0.782. The van der Waals surface area contributed by atoms with Crippen LogP contribution in [0.4, 0.5) is 14.0 Å². The molecule has 7 nitrogen and oxygen atoms in total. The van der Waals surface area contributed by atoms with Crippen molar-refractivity contribution in [1.82, 2.24) is 4.90 Å². The molecule has 0 radical (unpaired) electrons. The quantitative estimate of drug-likeness (QED) is 0.311. The first-order valence-corrected chi connectivity index (χ1v) is 13.9. The summed E-state index contributed by atoms with van der Waals surface area (Å²) in [6, 6.07) is 11.1. The fourth-order valence-corrected chi connectivity index (χ4v) is 5.10. The molecular weight excluding hydrogens is 537 g/mol. The van der Waals surface area contributed by atoms with Gasteiger partial charge in [0.15, 0.2) is 0 Å². The Kier molecular flexibility index (Phi) is 9.55. The maximum Gasteiger partial charge on any atom is 0.508 e. The minimum Gasteiger partial charge on any atom is -0.443 e. The molecule has 1 fully saturated rings. The van der Waals surface area contributed by atoms with Gasteiger partial charge >= 0.3 is 12.2 Å². The summed E-state index contributed by atoms with van der Waals surface area (Å²) in [6.07, 6.45) is 0.0747. The third-order valence-corrected chi connectivity index (χ3v) is 6.74. The zero-order valence-corrected chi connectivity index (χ0v) is 25.1. The molecule has 0 bridgehead atoms. The lowest BCUT2D eigenvalue weighted by atomic mass is 9.80. The van der Waals surface area contributed by atoms with Crippen LogP contribution in [0.5, 0.6) is 0 Å². The third-order valence-electron chi connectivity index (χ3n) is 6.50. The van der Waals surface area contributed by atoms with E-state index in [0.717, 1.165) is 5.56 Å². The Balaban J connectivity index is 1.89. The molecule has 3 rings (SSSR count). The smallest absolute Gasteiger partial charge is 0.443 e. The molecule has 2 aromatic carbocycles. The SMILES string of the molecule is CCCC1(COC(=O)OC(C)(C)C)C[C@@H](Cc2ccc(-c3cc(Cl)ccc3F)cc2)N(C(=O)OC(C)(C)C)C1=O. The fourth-order valence-electron chi connectivity index (χ4n) is 4.93. The normalized spacial score (nSPS) is 19.5. The first kappa shape index (κ1) is 31.4. The predicted octanol–water partition coefficient (Wildman–Crippen LogP) is 7.96. The average Bonchev–Trinajstić information content (AvgIpc) is 3.09. The van der Waals surface area contributed by atoms with Crippen LogP contribution in [0, 0.1) is 11.2 Å². The second-order valence-electron chi connectivity index (χ2n) is 12.3. The van der Waals surface area contributed by atoms with Gasteiger partial charge < -0.3 is 14.2 Å². The van der Waals surface area contributed by atoms with Gasteiger partial charge in [-0.1, -0.05) is 49.2 Å². The molecule has 1 heterocycles. The van der Waals surface area contributed by atoms with Crippen molar-refractivity contribution in [3.05, 3.63) is 58.9 Å². The number of imide groups is 1. The Morgan fingerprint density at radius 3 is 2.23 bits per heavy atom. The van der Waals surface area contributed by atoms with Crippen LogP contribution >= 0.6 is 11.6 Å². The Morgan fingerprint density at radius 1 is 1.02 bits per heavy atom. The molecule has 0 saturated carbocycles. The first-order valence-electron chi connectivity index (χ1n) is 13.5. The number of hydrogen-bond donors (Lipinski definition) is 0. The first-order chi connectivity index (χ1) is 18.5. The highest BCUT2D eigenvalue weighted by Gasteiger charge is 2.55. The minimum atomic E-state index is -1.10. The van der Waals surface area contributed by atoms with E-state index in [0.29, 0.717) is 35.4 Å². The van der Waals surface area contributed by atoms with Crippen LogP contribution in [0.1, 0.15) is 73.3 Å². The van der Waals surface area contributed by atoms with Gasteiger partial charge in [0.25, 0.3) is 0 Å². The summed E-state index contributed by atoms with van der Waals surface area (Å²) in [6.45, 7) is 12.1. The van der Waals surface area contributed by atoms with Gasteiger partial charge in [-0.3, -0.25) is 4.79 Å². The summed E-state index contributed by atoms with van der Waals surface area (Å²) < 4.78 is 30.7. The van der Waals surface area contributed by atoms with Gasteiger partial charge in [0.1, 0.15) is 23.6 Å². The highest BCUT2D eigenvalue weighted by Crippen LogP contribution is 2.43. The molecular formula is C31H39ClFNO6. The molecule has 2 amide bonds. The van der Waals surface area contributed by atoms with Gasteiger partial charge in [0.2, 0.25) is 5.91 Å². The second-order valence-corrected chi connectivity index (χ2v) is 12.8. The van der Waals surface area contributed by atoms with E-state index in [1.54, 1.807) is 59.7 Å². The summed E-state index contributed by atoms with van der Waals surface area (Å²) >= 11 is 6.06. The van der Waals surface area contributed by atoms with E-state index in [-0.39, 0.29) is 18.8 Å². The number of hydrogen-bond acceptors (Lipinski definition) is 6. The van der Waals surface area contributed by atoms with Crippen molar-refractivity contribution in [2.75, 3.05) is 6.61 Å². The van der Waals surface area contributed by atoms with Gasteiger partial charge in [-0.05, 0) is 90.1 Å². The van der Waals surface area contributed by atoms with Gasteiger partial charge in [-0.25, -0.2) is 18.9 Å². The molecule has 1 saturated heterocycles. The summed E-state index contributed by atoms with van der Waals surface area (Å²) in [4.78, 5) is 40.7. The number of ether oxygens (including phenoxy) is 3. The lowest BCUT2D eigenvalue weighted by molar-refractivity contribution is -0.138. The van der Waals surface area contributed by atoms with E-state index in [9.17, 15) is 18.8 Å². The van der Waals surface area contributed by atoms with Crippen LogP contribution in [-0.2, 0) is 25.4 Å². The van der Waals surface area contributed by atoms with E-state index >= 15 is 0 Å². The largest absolute Gasteiger partial charge is 0.508 e. The van der Waals surface area contributed by atoms with Gasteiger partial charge in [0, 0.05) is 16.6 Å². The molecule has 9 heteroatoms. The maximum atomic E-state index is 14.4. The van der Waals surface area contributed by atoms with E-state index in [2.05, 4.69) is 0 Å². The lowest BCUT2D eigenvalue weighted by Gasteiger charge is -2.29. The predicted molar refractivity (Wildman–Crippen MR) is 152 cm³/mol. The summed E-state index contributed by atoms with van der Waals surface area (Å²) in [5, 5.41) is 0.429. The van der Waals surface area contributed by atoms with Crippen molar-refractivity contribution < 1.29 is 33.0 Å². The van der Waals surface area contributed by atoms with Crippen LogP contribution in [0.25, 0.3) is 11.1 Å². The Hall–Kier alpha value is -3.13. The standard InChI is InChI=1S/C31H39ClFNO6/c1-8-15-31(19-38-28(37)40-30(5,6)7)18-23(34(26(31)35)27(36)39-29(2,3)4)16-20-9-11-21(12-10-20)24-17-22(32)13-14-25(24)33/h9-14,17,23H,8,15-16,18-19H2,1-7H3/t23-,31?/m1/s1. The Labute approximate surface area is 240 Å². The van der Waals surface area contributed by atoms with E-state index in [1.165, 1.54) is 17.0 Å². The lowest BCUT2D eigenvalue weighted by Crippen LogP contribution is -2.46. The number of carbonyl (C=O) groups is 3. The number of carbonyl (C=O) groups excluding carboxylic acids is 3. The molecule has 0 spiro atoms. The number of benzene rings is 2. The number of halogens is 2. The van der Waals surface area contributed by atoms with Crippen LogP contribution in [0.3, 0.4) is 0 Å². The zero-order chi connectivity index (χ0) is 29.9. The molecule has 0 N–H and O–H groups in total. The van der Waals surface area contributed by atoms with Crippen molar-refractivity contribution in [1.29, 1.82) is 0 Å². The van der Waals surface area contributed by atoms with Gasteiger partial charge in [-0.15, -0.1) is 0 Å². The number of nitrogens with zero attached hydrogens (tertiary/aromatic N) is 1. The molecule has 2 atom stereocenters. The van der Waals surface area contributed by atoms with E-state index in [4.69, 9.17) is 25.8 Å². The number of amides is 2. The molecule has 2 aromatic rings. The van der Waals surface area contributed by atoms with Crippen molar-refractivity contribution in [3.63, 3.8) is 0 Å². The van der Waals surface area contributed by atoms with Crippen molar-refractivity contribution in [2.24, 2.45) is 5.41 Å². The van der Waals surface area contributed by atoms with Crippen LogP contribution in [0.15, 0.2) is 42.5 Å². The molecule has 40 heavy (non-hydrogen) atoms. The molecule has 1 aliphatic rings. The van der Waals surface area contributed by atoms with Gasteiger partial charge in [-0.2, -0.15) is 0 Å². The zero-order valence-electron chi connectivity index (χ0n) is 24.3. The topological polar surface area (TPSA) is 82.1 Å². The Morgan fingerprint density at radius 2 is 1.65 bits per heavy atom. The highest BCUT2D eigenvalue weighted by molar-refractivity contribution is 6.30. The summed E-state index contributed by atoms with van der Waals surface area (Å²) in [5.74, 6) is -0.821. The Bertz CT molecular complexity index is 1230. The molecule has 0 aliphatic carbocycles. The molecule has 0 aromatic heterocycles.